The number of hydrogen-bond acceptors (Lipinski definition) is 3. The van der Waals surface area contributed by atoms with Crippen molar-refractivity contribution in [3.63, 3.8) is 0 Å². The number of rotatable bonds is 8. The Hall–Kier alpha value is -1.88. The Morgan fingerprint density at radius 3 is 2.45 bits per heavy atom. The van der Waals surface area contributed by atoms with Gasteiger partial charge in [0.15, 0.2) is 6.10 Å². The predicted molar refractivity (Wildman–Crippen MR) is 75.3 cm³/mol. The predicted octanol–water partition coefficient (Wildman–Crippen LogP) is 2.13. The smallest absolute Gasteiger partial charge is 0.305 e. The van der Waals surface area contributed by atoms with E-state index >= 15 is 0 Å². The first kappa shape index (κ1) is 16.2. The Bertz CT molecular complexity index is 433. The highest BCUT2D eigenvalue weighted by atomic mass is 16.5. The van der Waals surface area contributed by atoms with Crippen LogP contribution in [0.15, 0.2) is 30.3 Å². The summed E-state index contributed by atoms with van der Waals surface area (Å²) >= 11 is 0. The first-order valence-corrected chi connectivity index (χ1v) is 6.68. The number of nitrogens with one attached hydrogen (secondary N) is 1. The van der Waals surface area contributed by atoms with E-state index in [0.29, 0.717) is 6.42 Å². The molecule has 0 aliphatic rings. The first-order valence-electron chi connectivity index (χ1n) is 6.68. The van der Waals surface area contributed by atoms with Gasteiger partial charge in [-0.3, -0.25) is 9.59 Å². The van der Waals surface area contributed by atoms with Gasteiger partial charge in [-0.2, -0.15) is 0 Å². The molecule has 1 amide bonds. The molecule has 110 valence electrons. The quantitative estimate of drug-likeness (QED) is 0.764. The summed E-state index contributed by atoms with van der Waals surface area (Å²) in [6, 6.07) is 8.76. The number of methoxy groups -OCH3 is 1. The number of carboxylic acid groups (broad SMARTS) is 1. The molecule has 20 heavy (non-hydrogen) atoms. The Morgan fingerprint density at radius 1 is 1.30 bits per heavy atom. The number of amides is 1. The lowest BCUT2D eigenvalue weighted by atomic mass is 10.1. The number of benzene rings is 1. The molecule has 1 aromatic carbocycles. The van der Waals surface area contributed by atoms with Gasteiger partial charge in [0.1, 0.15) is 0 Å². The highest BCUT2D eigenvalue weighted by Crippen LogP contribution is 2.17. The number of hydrogen-bond donors (Lipinski definition) is 2. The summed E-state index contributed by atoms with van der Waals surface area (Å²) in [5.74, 6) is -1.23. The summed E-state index contributed by atoms with van der Waals surface area (Å²) in [7, 11) is 1.46. The zero-order valence-electron chi connectivity index (χ0n) is 11.8. The van der Waals surface area contributed by atoms with E-state index < -0.39 is 12.1 Å². The van der Waals surface area contributed by atoms with Crippen molar-refractivity contribution in [2.24, 2.45) is 0 Å². The van der Waals surface area contributed by atoms with E-state index in [1.807, 2.05) is 25.1 Å². The number of carbonyl (C=O) groups is 2. The third kappa shape index (κ3) is 5.01. The van der Waals surface area contributed by atoms with Crippen LogP contribution in [0.25, 0.3) is 0 Å². The van der Waals surface area contributed by atoms with Crippen LogP contribution in [0.5, 0.6) is 0 Å². The topological polar surface area (TPSA) is 75.6 Å². The minimum Gasteiger partial charge on any atom is -0.481 e. The molecule has 2 N–H and O–H groups in total. The number of carbonyl (C=O) groups excluding carboxylic acids is 1. The molecule has 0 spiro atoms. The summed E-state index contributed by atoms with van der Waals surface area (Å²) in [4.78, 5) is 23.0. The molecule has 5 heteroatoms. The molecule has 0 aromatic heterocycles. The van der Waals surface area contributed by atoms with E-state index in [-0.39, 0.29) is 18.4 Å². The van der Waals surface area contributed by atoms with Gasteiger partial charge in [-0.1, -0.05) is 43.7 Å². The molecule has 2 atom stereocenters. The fourth-order valence-electron chi connectivity index (χ4n) is 2.08. The molecule has 0 aliphatic heterocycles. The van der Waals surface area contributed by atoms with E-state index in [9.17, 15) is 9.59 Å². The average molecular weight is 279 g/mol. The van der Waals surface area contributed by atoms with Crippen LogP contribution in [-0.4, -0.2) is 30.1 Å². The van der Waals surface area contributed by atoms with Gasteiger partial charge in [-0.25, -0.2) is 0 Å². The largest absolute Gasteiger partial charge is 0.481 e. The second kappa shape index (κ2) is 8.32. The van der Waals surface area contributed by atoms with Crippen LogP contribution in [0.2, 0.25) is 0 Å². The average Bonchev–Trinajstić information content (AvgIpc) is 2.40. The molecule has 2 unspecified atom stereocenters. The van der Waals surface area contributed by atoms with Gasteiger partial charge in [-0.15, -0.1) is 0 Å². The van der Waals surface area contributed by atoms with E-state index in [0.717, 1.165) is 12.0 Å². The zero-order chi connectivity index (χ0) is 15.0. The van der Waals surface area contributed by atoms with Crippen LogP contribution < -0.4 is 5.32 Å². The van der Waals surface area contributed by atoms with Crippen molar-refractivity contribution < 1.29 is 19.4 Å². The summed E-state index contributed by atoms with van der Waals surface area (Å²) < 4.78 is 5.22. The van der Waals surface area contributed by atoms with E-state index in [1.54, 1.807) is 12.1 Å². The van der Waals surface area contributed by atoms with Crippen molar-refractivity contribution in [1.29, 1.82) is 0 Å². The lowest BCUT2D eigenvalue weighted by Gasteiger charge is -2.21. The van der Waals surface area contributed by atoms with E-state index in [4.69, 9.17) is 9.84 Å². The molecule has 0 radical (unpaired) electrons. The van der Waals surface area contributed by atoms with Crippen LogP contribution in [0, 0.1) is 0 Å². The minimum absolute atomic E-state index is 0.0786. The van der Waals surface area contributed by atoms with Gasteiger partial charge in [0.2, 0.25) is 0 Å². The lowest BCUT2D eigenvalue weighted by Crippen LogP contribution is -2.39. The van der Waals surface area contributed by atoms with Crippen molar-refractivity contribution in [3.8, 4) is 0 Å². The van der Waals surface area contributed by atoms with Crippen molar-refractivity contribution in [2.75, 3.05) is 7.11 Å². The fourth-order valence-corrected chi connectivity index (χ4v) is 2.08. The zero-order valence-corrected chi connectivity index (χ0v) is 11.8. The Morgan fingerprint density at radius 2 is 1.95 bits per heavy atom. The van der Waals surface area contributed by atoms with Crippen molar-refractivity contribution in [2.45, 2.75) is 38.3 Å². The molecular weight excluding hydrogens is 258 g/mol. The Labute approximate surface area is 118 Å². The number of aliphatic carboxylic acids is 1. The standard InChI is InChI=1S/C15H21NO4/c1-3-7-12(10-13(17)18)16-15(19)14(20-2)11-8-5-4-6-9-11/h4-6,8-9,12,14H,3,7,10H2,1-2H3,(H,16,19)(H,17,18). The molecule has 0 fully saturated rings. The van der Waals surface area contributed by atoms with E-state index in [2.05, 4.69) is 5.32 Å². The third-order valence-electron chi connectivity index (χ3n) is 2.98. The van der Waals surface area contributed by atoms with Crippen molar-refractivity contribution >= 4 is 11.9 Å². The highest BCUT2D eigenvalue weighted by Gasteiger charge is 2.23. The summed E-state index contributed by atoms with van der Waals surface area (Å²) in [5, 5.41) is 11.6. The van der Waals surface area contributed by atoms with Gasteiger partial charge < -0.3 is 15.2 Å². The molecule has 0 bridgehead atoms. The van der Waals surface area contributed by atoms with Crippen LogP contribution in [0.4, 0.5) is 0 Å². The van der Waals surface area contributed by atoms with Crippen molar-refractivity contribution in [1.82, 2.24) is 5.32 Å². The maximum Gasteiger partial charge on any atom is 0.305 e. The summed E-state index contributed by atoms with van der Waals surface area (Å²) in [6.45, 7) is 1.95. The van der Waals surface area contributed by atoms with Gasteiger partial charge >= 0.3 is 5.97 Å². The highest BCUT2D eigenvalue weighted by molar-refractivity contribution is 5.83. The van der Waals surface area contributed by atoms with Crippen LogP contribution in [-0.2, 0) is 14.3 Å². The van der Waals surface area contributed by atoms with Crippen LogP contribution in [0.3, 0.4) is 0 Å². The third-order valence-corrected chi connectivity index (χ3v) is 2.98. The number of ether oxygens (including phenoxy) is 1. The van der Waals surface area contributed by atoms with Gasteiger partial charge in [0, 0.05) is 13.2 Å². The molecule has 1 rings (SSSR count). The van der Waals surface area contributed by atoms with Crippen LogP contribution in [0.1, 0.15) is 37.9 Å². The molecule has 0 saturated heterocycles. The maximum atomic E-state index is 12.2. The summed E-state index contributed by atoms with van der Waals surface area (Å²) in [6.07, 6.45) is 0.638. The second-order valence-electron chi connectivity index (χ2n) is 4.62. The van der Waals surface area contributed by atoms with Gasteiger partial charge in [-0.05, 0) is 12.0 Å². The maximum absolute atomic E-state index is 12.2. The van der Waals surface area contributed by atoms with Gasteiger partial charge in [0.25, 0.3) is 5.91 Å². The first-order chi connectivity index (χ1) is 9.58. The molecule has 1 aromatic rings. The molecule has 0 aliphatic carbocycles. The Balaban J connectivity index is 2.73. The monoisotopic (exact) mass is 279 g/mol. The van der Waals surface area contributed by atoms with Crippen molar-refractivity contribution in [3.05, 3.63) is 35.9 Å². The second-order valence-corrected chi connectivity index (χ2v) is 4.62. The number of carboxylic acids is 1. The molecular formula is C15H21NO4. The molecule has 0 heterocycles. The van der Waals surface area contributed by atoms with Gasteiger partial charge in [0.05, 0.1) is 6.42 Å². The van der Waals surface area contributed by atoms with E-state index in [1.165, 1.54) is 7.11 Å². The normalized spacial score (nSPS) is 13.5. The van der Waals surface area contributed by atoms with Crippen LogP contribution >= 0.6 is 0 Å². The molecule has 5 nitrogen and oxygen atoms in total. The minimum atomic E-state index is -0.919. The lowest BCUT2D eigenvalue weighted by molar-refractivity contribution is -0.138. The Kier molecular flexibility index (Phi) is 6.73. The fraction of sp³-hybridized carbons (Fsp3) is 0.467. The molecule has 0 saturated carbocycles. The summed E-state index contributed by atoms with van der Waals surface area (Å²) in [5.41, 5.74) is 0.748. The SMILES string of the molecule is CCCC(CC(=O)O)NC(=O)C(OC)c1ccccc1.